The van der Waals surface area contributed by atoms with Crippen LogP contribution in [0.15, 0.2) is 78.9 Å². The van der Waals surface area contributed by atoms with Crippen molar-refractivity contribution in [3.8, 4) is 0 Å². The molecule has 1 amide bonds. The van der Waals surface area contributed by atoms with Gasteiger partial charge in [0.2, 0.25) is 11.9 Å². The lowest BCUT2D eigenvalue weighted by Gasteiger charge is -2.36. The Balaban J connectivity index is 1.10. The average Bonchev–Trinajstić information content (AvgIpc) is 3.58. The van der Waals surface area contributed by atoms with Gasteiger partial charge in [0.15, 0.2) is 0 Å². The second-order valence-electron chi connectivity index (χ2n) is 12.7. The fraction of sp³-hybridized carbons (Fsp3) is 0.459. The van der Waals surface area contributed by atoms with Crippen LogP contribution < -0.4 is 5.32 Å². The molecule has 2 atom stereocenters. The summed E-state index contributed by atoms with van der Waals surface area (Å²) in [7, 11) is 0. The molecule has 0 radical (unpaired) electrons. The standard InChI is InChI=1S/C37H46FN5O2/c1-3-45-26-25-43-34-12-8-7-11-33(34)40-36(43)39-32-17-21-41(22-18-32)23-19-37(27-29-13-15-31(38)16-14-29)20-24-42(35(37)44)28(2)30-9-5-4-6-10-30/h4-16,28,32H,3,17-27H2,1-2H3,(H,39,40). The summed E-state index contributed by atoms with van der Waals surface area (Å²) in [5.74, 6) is 0.897. The van der Waals surface area contributed by atoms with Gasteiger partial charge in [0, 0.05) is 38.8 Å². The minimum atomic E-state index is -0.485. The zero-order valence-corrected chi connectivity index (χ0v) is 26.6. The summed E-state index contributed by atoms with van der Waals surface area (Å²) in [6, 6.07) is 25.6. The number of amides is 1. The Morgan fingerprint density at radius 2 is 1.71 bits per heavy atom. The topological polar surface area (TPSA) is 62.6 Å². The maximum absolute atomic E-state index is 14.2. The van der Waals surface area contributed by atoms with E-state index in [4.69, 9.17) is 9.72 Å². The summed E-state index contributed by atoms with van der Waals surface area (Å²) < 4.78 is 21.6. The molecule has 1 N–H and O–H groups in total. The van der Waals surface area contributed by atoms with E-state index in [1.165, 1.54) is 12.1 Å². The molecule has 2 saturated heterocycles. The van der Waals surface area contributed by atoms with Crippen molar-refractivity contribution in [3.63, 3.8) is 0 Å². The molecule has 238 valence electrons. The summed E-state index contributed by atoms with van der Waals surface area (Å²) in [6.45, 7) is 9.84. The molecule has 7 nitrogen and oxygen atoms in total. The number of hydrogen-bond donors (Lipinski definition) is 1. The summed E-state index contributed by atoms with van der Waals surface area (Å²) in [5.41, 5.74) is 3.82. The molecule has 6 rings (SSSR count). The van der Waals surface area contributed by atoms with Crippen LogP contribution in [0.25, 0.3) is 11.0 Å². The Labute approximate surface area is 266 Å². The van der Waals surface area contributed by atoms with Crippen LogP contribution in [0.4, 0.5) is 10.3 Å². The number of ether oxygens (including phenoxy) is 1. The maximum Gasteiger partial charge on any atom is 0.229 e. The van der Waals surface area contributed by atoms with E-state index in [2.05, 4.69) is 56.9 Å². The van der Waals surface area contributed by atoms with Crippen LogP contribution in [0.2, 0.25) is 0 Å². The summed E-state index contributed by atoms with van der Waals surface area (Å²) in [4.78, 5) is 23.7. The number of nitrogens with one attached hydrogen (secondary N) is 1. The van der Waals surface area contributed by atoms with E-state index < -0.39 is 5.41 Å². The van der Waals surface area contributed by atoms with Gasteiger partial charge in [0.25, 0.3) is 0 Å². The number of fused-ring (bicyclic) bond motifs is 1. The number of para-hydroxylation sites is 2. The number of benzene rings is 3. The van der Waals surface area contributed by atoms with E-state index in [0.29, 0.717) is 25.7 Å². The number of imidazole rings is 1. The molecule has 4 aromatic rings. The number of halogens is 1. The van der Waals surface area contributed by atoms with Gasteiger partial charge in [-0.15, -0.1) is 0 Å². The van der Waals surface area contributed by atoms with E-state index in [0.717, 1.165) is 86.5 Å². The van der Waals surface area contributed by atoms with Crippen molar-refractivity contribution in [1.29, 1.82) is 0 Å². The molecule has 1 aromatic heterocycles. The highest BCUT2D eigenvalue weighted by molar-refractivity contribution is 5.85. The van der Waals surface area contributed by atoms with Crippen molar-refractivity contribution in [1.82, 2.24) is 19.4 Å². The first kappa shape index (κ1) is 31.2. The van der Waals surface area contributed by atoms with E-state index in [9.17, 15) is 9.18 Å². The van der Waals surface area contributed by atoms with Gasteiger partial charge in [0.05, 0.1) is 29.1 Å². The summed E-state index contributed by atoms with van der Waals surface area (Å²) in [6.07, 6.45) is 4.29. The number of hydrogen-bond acceptors (Lipinski definition) is 5. The third-order valence-electron chi connectivity index (χ3n) is 9.90. The lowest BCUT2D eigenvalue weighted by Crippen LogP contribution is -2.43. The van der Waals surface area contributed by atoms with Gasteiger partial charge >= 0.3 is 0 Å². The van der Waals surface area contributed by atoms with Gasteiger partial charge < -0.3 is 24.4 Å². The van der Waals surface area contributed by atoms with E-state index in [1.54, 1.807) is 0 Å². The smallest absolute Gasteiger partial charge is 0.229 e. The zero-order valence-electron chi connectivity index (χ0n) is 26.6. The fourth-order valence-electron chi connectivity index (χ4n) is 7.17. The van der Waals surface area contributed by atoms with Gasteiger partial charge in [-0.25, -0.2) is 9.37 Å². The lowest BCUT2D eigenvalue weighted by molar-refractivity contribution is -0.138. The van der Waals surface area contributed by atoms with Crippen LogP contribution >= 0.6 is 0 Å². The minimum Gasteiger partial charge on any atom is -0.380 e. The number of carbonyl (C=O) groups is 1. The van der Waals surface area contributed by atoms with Crippen molar-refractivity contribution in [2.45, 2.75) is 64.6 Å². The van der Waals surface area contributed by atoms with Crippen LogP contribution in [-0.2, 0) is 22.5 Å². The van der Waals surface area contributed by atoms with Crippen LogP contribution in [-0.4, -0.2) is 70.7 Å². The molecule has 2 aliphatic heterocycles. The number of anilines is 1. The molecule has 0 bridgehead atoms. The molecule has 0 saturated carbocycles. The Hall–Kier alpha value is -3.75. The number of likely N-dealkylation sites (tertiary alicyclic amines) is 2. The highest BCUT2D eigenvalue weighted by Crippen LogP contribution is 2.42. The minimum absolute atomic E-state index is 0.0216. The van der Waals surface area contributed by atoms with Gasteiger partial charge in [-0.05, 0) is 87.9 Å². The zero-order chi connectivity index (χ0) is 31.2. The average molecular weight is 612 g/mol. The molecule has 0 spiro atoms. The van der Waals surface area contributed by atoms with Gasteiger partial charge in [-0.2, -0.15) is 0 Å². The molecule has 2 unspecified atom stereocenters. The van der Waals surface area contributed by atoms with Crippen LogP contribution in [0.3, 0.4) is 0 Å². The number of rotatable bonds is 13. The molecule has 3 aromatic carbocycles. The second kappa shape index (κ2) is 14.1. The predicted octanol–water partition coefficient (Wildman–Crippen LogP) is 6.70. The molecule has 3 heterocycles. The highest BCUT2D eigenvalue weighted by Gasteiger charge is 2.48. The molecule has 45 heavy (non-hydrogen) atoms. The van der Waals surface area contributed by atoms with Crippen molar-refractivity contribution in [3.05, 3.63) is 95.8 Å². The van der Waals surface area contributed by atoms with Gasteiger partial charge in [0.1, 0.15) is 5.82 Å². The Morgan fingerprint density at radius 1 is 0.978 bits per heavy atom. The third-order valence-corrected chi connectivity index (χ3v) is 9.90. The molecular formula is C37H46FN5O2. The predicted molar refractivity (Wildman–Crippen MR) is 178 cm³/mol. The quantitative estimate of drug-likeness (QED) is 0.171. The molecule has 0 aliphatic carbocycles. The molecule has 8 heteroatoms. The monoisotopic (exact) mass is 611 g/mol. The molecule has 2 aliphatic rings. The number of carbonyl (C=O) groups excluding carboxylic acids is 1. The van der Waals surface area contributed by atoms with Crippen molar-refractivity contribution in [2.75, 3.05) is 44.7 Å². The van der Waals surface area contributed by atoms with Gasteiger partial charge in [-0.3, -0.25) is 4.79 Å². The second-order valence-corrected chi connectivity index (χ2v) is 12.7. The molecule has 2 fully saturated rings. The Bertz CT molecular complexity index is 1550. The number of piperidine rings is 1. The lowest BCUT2D eigenvalue weighted by atomic mass is 9.77. The van der Waals surface area contributed by atoms with Gasteiger partial charge in [-0.1, -0.05) is 54.6 Å². The van der Waals surface area contributed by atoms with Crippen LogP contribution in [0.1, 0.15) is 56.7 Å². The van der Waals surface area contributed by atoms with Crippen LogP contribution in [0, 0.1) is 11.2 Å². The first-order valence-corrected chi connectivity index (χ1v) is 16.6. The maximum atomic E-state index is 14.2. The van der Waals surface area contributed by atoms with E-state index in [1.807, 2.05) is 43.3 Å². The third kappa shape index (κ3) is 7.07. The SMILES string of the molecule is CCOCCn1c(NC2CCN(CCC3(Cc4ccc(F)cc4)CCN(C(C)c4ccccc4)C3=O)CC2)nc2ccccc21. The Kier molecular flexibility index (Phi) is 9.81. The van der Waals surface area contributed by atoms with Crippen molar-refractivity contribution in [2.24, 2.45) is 5.41 Å². The van der Waals surface area contributed by atoms with E-state index >= 15 is 0 Å². The molecular weight excluding hydrogens is 565 g/mol. The normalized spacial score (nSPS) is 20.2. The largest absolute Gasteiger partial charge is 0.380 e. The first-order valence-electron chi connectivity index (χ1n) is 16.6. The number of aromatic nitrogens is 2. The summed E-state index contributed by atoms with van der Waals surface area (Å²) in [5, 5.41) is 3.75. The number of nitrogens with zero attached hydrogens (tertiary/aromatic N) is 4. The Morgan fingerprint density at radius 3 is 2.47 bits per heavy atom. The highest BCUT2D eigenvalue weighted by atomic mass is 19.1. The first-order chi connectivity index (χ1) is 22.0. The van der Waals surface area contributed by atoms with E-state index in [-0.39, 0.29) is 17.8 Å². The van der Waals surface area contributed by atoms with Crippen LogP contribution in [0.5, 0.6) is 0 Å². The van der Waals surface area contributed by atoms with Crippen molar-refractivity contribution < 1.29 is 13.9 Å². The summed E-state index contributed by atoms with van der Waals surface area (Å²) >= 11 is 0. The van der Waals surface area contributed by atoms with Crippen molar-refractivity contribution >= 4 is 22.9 Å². The fourth-order valence-corrected chi connectivity index (χ4v) is 7.17.